The second-order valence-corrected chi connectivity index (χ2v) is 4.98. The van der Waals surface area contributed by atoms with Crippen LogP contribution in [0.1, 0.15) is 31.7 Å². The van der Waals surface area contributed by atoms with Gasteiger partial charge in [-0.25, -0.2) is 0 Å². The van der Waals surface area contributed by atoms with Crippen molar-refractivity contribution in [1.29, 1.82) is 0 Å². The number of benzene rings is 1. The first-order chi connectivity index (χ1) is 9.17. The minimum Gasteiger partial charge on any atom is -0.481 e. The highest BCUT2D eigenvalue weighted by Gasteiger charge is 2.29. The van der Waals surface area contributed by atoms with E-state index < -0.39 is 5.97 Å². The third-order valence-electron chi connectivity index (χ3n) is 3.42. The van der Waals surface area contributed by atoms with Crippen LogP contribution in [0.25, 0.3) is 0 Å². The van der Waals surface area contributed by atoms with Gasteiger partial charge in [0.25, 0.3) is 0 Å². The van der Waals surface area contributed by atoms with Crippen molar-refractivity contribution in [3.8, 4) is 0 Å². The molecule has 1 aliphatic carbocycles. The summed E-state index contributed by atoms with van der Waals surface area (Å²) < 4.78 is 5.53. The lowest BCUT2D eigenvalue weighted by Gasteiger charge is -2.36. The number of ether oxygens (including phenoxy) is 1. The molecule has 19 heavy (non-hydrogen) atoms. The smallest absolute Gasteiger partial charge is 0.303 e. The van der Waals surface area contributed by atoms with Crippen molar-refractivity contribution in [2.24, 2.45) is 0 Å². The highest BCUT2D eigenvalue weighted by molar-refractivity contribution is 5.67. The lowest BCUT2D eigenvalue weighted by Crippen LogP contribution is -2.40. The van der Waals surface area contributed by atoms with Crippen LogP contribution in [0.15, 0.2) is 24.3 Å². The van der Waals surface area contributed by atoms with Gasteiger partial charge in [-0.1, -0.05) is 12.1 Å². The molecule has 2 N–H and O–H groups in total. The monoisotopic (exact) mass is 263 g/mol. The number of carboxylic acid groups (broad SMARTS) is 1. The maximum atomic E-state index is 10.6. The Hall–Kier alpha value is -1.55. The number of carbonyl (C=O) groups is 1. The van der Waals surface area contributed by atoms with E-state index in [1.165, 1.54) is 0 Å². The van der Waals surface area contributed by atoms with E-state index in [1.807, 2.05) is 31.2 Å². The molecule has 0 spiro atoms. The van der Waals surface area contributed by atoms with Crippen molar-refractivity contribution in [1.82, 2.24) is 0 Å². The highest BCUT2D eigenvalue weighted by Crippen LogP contribution is 2.27. The fourth-order valence-electron chi connectivity index (χ4n) is 2.36. The van der Waals surface area contributed by atoms with Crippen molar-refractivity contribution in [2.75, 3.05) is 11.9 Å². The van der Waals surface area contributed by atoms with Crippen molar-refractivity contribution < 1.29 is 14.6 Å². The maximum absolute atomic E-state index is 10.6. The second-order valence-electron chi connectivity index (χ2n) is 4.98. The molecule has 1 aromatic rings. The molecule has 0 saturated heterocycles. The van der Waals surface area contributed by atoms with Crippen molar-refractivity contribution in [3.63, 3.8) is 0 Å². The lowest BCUT2D eigenvalue weighted by molar-refractivity contribution is -0.136. The average molecular weight is 263 g/mol. The van der Waals surface area contributed by atoms with Gasteiger partial charge in [-0.05, 0) is 43.9 Å². The first-order valence-corrected chi connectivity index (χ1v) is 6.86. The molecule has 1 saturated carbocycles. The van der Waals surface area contributed by atoms with Crippen LogP contribution in [-0.2, 0) is 16.0 Å². The largest absolute Gasteiger partial charge is 0.481 e. The number of rotatable bonds is 7. The molecule has 0 heterocycles. The number of hydrogen-bond acceptors (Lipinski definition) is 3. The molecule has 104 valence electrons. The van der Waals surface area contributed by atoms with Gasteiger partial charge in [0.1, 0.15) is 0 Å². The topological polar surface area (TPSA) is 58.6 Å². The number of hydrogen-bond donors (Lipinski definition) is 2. The molecule has 0 radical (unpaired) electrons. The predicted octanol–water partition coefficient (Wildman–Crippen LogP) is 2.68. The molecule has 0 amide bonds. The van der Waals surface area contributed by atoms with Crippen LogP contribution in [0, 0.1) is 0 Å². The molecule has 4 heteroatoms. The number of aliphatic carboxylic acids is 1. The van der Waals surface area contributed by atoms with Crippen LogP contribution in [-0.4, -0.2) is 29.8 Å². The molecular weight excluding hydrogens is 242 g/mol. The van der Waals surface area contributed by atoms with E-state index in [1.54, 1.807) is 0 Å². The molecule has 0 aromatic heterocycles. The van der Waals surface area contributed by atoms with Gasteiger partial charge in [-0.2, -0.15) is 0 Å². The Morgan fingerprint density at radius 2 is 2.26 bits per heavy atom. The van der Waals surface area contributed by atoms with Gasteiger partial charge < -0.3 is 15.2 Å². The van der Waals surface area contributed by atoms with Crippen molar-refractivity contribution in [3.05, 3.63) is 29.8 Å². The first kappa shape index (κ1) is 13.9. The van der Waals surface area contributed by atoms with Crippen LogP contribution >= 0.6 is 0 Å². The fraction of sp³-hybridized carbons (Fsp3) is 0.533. The van der Waals surface area contributed by atoms with E-state index in [0.29, 0.717) is 18.6 Å². The summed E-state index contributed by atoms with van der Waals surface area (Å²) >= 11 is 0. The molecule has 0 aliphatic heterocycles. The van der Waals surface area contributed by atoms with Crippen LogP contribution in [0.3, 0.4) is 0 Å². The van der Waals surface area contributed by atoms with E-state index >= 15 is 0 Å². The third-order valence-corrected chi connectivity index (χ3v) is 3.42. The summed E-state index contributed by atoms with van der Waals surface area (Å²) in [5.41, 5.74) is 2.14. The van der Waals surface area contributed by atoms with Crippen LogP contribution < -0.4 is 5.32 Å². The maximum Gasteiger partial charge on any atom is 0.303 e. The Morgan fingerprint density at radius 3 is 2.95 bits per heavy atom. The second kappa shape index (κ2) is 6.57. The van der Waals surface area contributed by atoms with Gasteiger partial charge in [0.2, 0.25) is 0 Å². The zero-order valence-electron chi connectivity index (χ0n) is 11.3. The SMILES string of the molecule is CCOC1CC(Nc2cccc(CCC(=O)O)c2)C1. The standard InChI is InChI=1S/C15H21NO3/c1-2-19-14-9-13(10-14)16-12-5-3-4-11(8-12)6-7-15(17)18/h3-5,8,13-14,16H,2,6-7,9-10H2,1H3,(H,17,18). The van der Waals surface area contributed by atoms with Gasteiger partial charge in [-0.3, -0.25) is 4.79 Å². The van der Waals surface area contributed by atoms with Gasteiger partial charge in [0.15, 0.2) is 0 Å². The van der Waals surface area contributed by atoms with Crippen LogP contribution in [0.4, 0.5) is 5.69 Å². The van der Waals surface area contributed by atoms with E-state index in [0.717, 1.165) is 30.7 Å². The summed E-state index contributed by atoms with van der Waals surface area (Å²) in [6.45, 7) is 2.80. The molecule has 0 unspecified atom stereocenters. The van der Waals surface area contributed by atoms with Crippen molar-refractivity contribution >= 4 is 11.7 Å². The molecule has 0 bridgehead atoms. The van der Waals surface area contributed by atoms with Gasteiger partial charge in [0.05, 0.1) is 6.10 Å². The number of anilines is 1. The normalized spacial score (nSPS) is 21.7. The summed E-state index contributed by atoms with van der Waals surface area (Å²) in [7, 11) is 0. The molecule has 1 fully saturated rings. The van der Waals surface area contributed by atoms with Crippen molar-refractivity contribution in [2.45, 2.75) is 44.8 Å². The average Bonchev–Trinajstić information content (AvgIpc) is 2.34. The fourth-order valence-corrected chi connectivity index (χ4v) is 2.36. The molecule has 1 aromatic carbocycles. The third kappa shape index (κ3) is 4.24. The molecule has 4 nitrogen and oxygen atoms in total. The van der Waals surface area contributed by atoms with Gasteiger partial charge >= 0.3 is 5.97 Å². The lowest BCUT2D eigenvalue weighted by atomic mass is 9.89. The Morgan fingerprint density at radius 1 is 1.47 bits per heavy atom. The predicted molar refractivity (Wildman–Crippen MR) is 74.5 cm³/mol. The van der Waals surface area contributed by atoms with E-state index in [9.17, 15) is 4.79 Å². The minimum atomic E-state index is -0.753. The zero-order valence-corrected chi connectivity index (χ0v) is 11.3. The summed E-state index contributed by atoms with van der Waals surface area (Å²) in [5, 5.41) is 12.2. The molecular formula is C15H21NO3. The summed E-state index contributed by atoms with van der Waals surface area (Å²) in [5.74, 6) is -0.753. The summed E-state index contributed by atoms with van der Waals surface area (Å²) in [6, 6.07) is 8.48. The quantitative estimate of drug-likeness (QED) is 0.794. The Kier molecular flexibility index (Phi) is 4.80. The summed E-state index contributed by atoms with van der Waals surface area (Å²) in [4.78, 5) is 10.6. The first-order valence-electron chi connectivity index (χ1n) is 6.86. The van der Waals surface area contributed by atoms with Crippen LogP contribution in [0.5, 0.6) is 0 Å². The minimum absolute atomic E-state index is 0.180. The molecule has 2 rings (SSSR count). The van der Waals surface area contributed by atoms with E-state index in [-0.39, 0.29) is 6.42 Å². The number of carboxylic acids is 1. The number of nitrogens with one attached hydrogen (secondary N) is 1. The zero-order chi connectivity index (χ0) is 13.7. The number of aryl methyl sites for hydroxylation is 1. The van der Waals surface area contributed by atoms with Crippen LogP contribution in [0.2, 0.25) is 0 Å². The summed E-state index contributed by atoms with van der Waals surface area (Å²) in [6.07, 6.45) is 3.26. The van der Waals surface area contributed by atoms with Gasteiger partial charge in [0, 0.05) is 24.8 Å². The van der Waals surface area contributed by atoms with E-state index in [4.69, 9.17) is 9.84 Å². The van der Waals surface area contributed by atoms with Gasteiger partial charge in [-0.15, -0.1) is 0 Å². The Balaban J connectivity index is 1.81. The Labute approximate surface area is 113 Å². The Bertz CT molecular complexity index is 427. The highest BCUT2D eigenvalue weighted by atomic mass is 16.5. The van der Waals surface area contributed by atoms with E-state index in [2.05, 4.69) is 5.32 Å². The molecule has 0 atom stereocenters. The molecule has 1 aliphatic rings.